The number of rotatable bonds is 12. The first-order valence-corrected chi connectivity index (χ1v) is 13.2. The number of hydrogen-bond donors (Lipinski definition) is 4. The summed E-state index contributed by atoms with van der Waals surface area (Å²) in [5, 5.41) is 9.82. The molecule has 4 N–H and O–H groups in total. The molecule has 2 heterocycles. The Hall–Kier alpha value is -3.05. The number of amides is 2. The van der Waals surface area contributed by atoms with Crippen molar-refractivity contribution in [2.24, 2.45) is 11.8 Å². The quantitative estimate of drug-likeness (QED) is 0.247. The number of methoxy groups -OCH3 is 2. The lowest BCUT2D eigenvalue weighted by Gasteiger charge is -2.26. The molecule has 1 radical (unpaired) electrons. The third-order valence-electron chi connectivity index (χ3n) is 6.75. The Morgan fingerprint density at radius 3 is 2.66 bits per heavy atom. The molecule has 3 rings (SSSR count). The fraction of sp³-hybridized carbons (Fsp3) is 0.593. The van der Waals surface area contributed by atoms with Gasteiger partial charge < -0.3 is 29.8 Å². The predicted octanol–water partition coefficient (Wildman–Crippen LogP) is 2.49. The molecule has 1 aliphatic rings. The molecule has 10 nitrogen and oxygen atoms in total. The second kappa shape index (κ2) is 14.2. The number of H-pyrrole nitrogens is 1. The maximum Gasteiger partial charge on any atom is 0.328 e. The van der Waals surface area contributed by atoms with E-state index in [0.29, 0.717) is 37.6 Å². The van der Waals surface area contributed by atoms with Gasteiger partial charge in [-0.15, -0.1) is 0 Å². The van der Waals surface area contributed by atoms with Crippen LogP contribution in [0.15, 0.2) is 24.3 Å². The number of ether oxygens (including phenoxy) is 3. The monoisotopic (exact) mass is 527 g/mol. The number of nitrogens with one attached hydrogen (secondary N) is 4. The van der Waals surface area contributed by atoms with Crippen LogP contribution in [0.4, 0.5) is 0 Å². The Bertz CT molecular complexity index is 1090. The van der Waals surface area contributed by atoms with Crippen LogP contribution in [0.1, 0.15) is 43.6 Å². The molecule has 1 unspecified atom stereocenters. The number of esters is 1. The highest BCUT2D eigenvalue weighted by molar-refractivity contribution is 6.33. The van der Waals surface area contributed by atoms with Crippen molar-refractivity contribution in [1.29, 1.82) is 0 Å². The summed E-state index contributed by atoms with van der Waals surface area (Å²) in [6.07, 6.45) is 2.48. The molecule has 1 saturated heterocycles. The van der Waals surface area contributed by atoms with Gasteiger partial charge in [0.05, 0.1) is 27.6 Å². The number of fused-ring (bicyclic) bond motifs is 1. The molecule has 0 saturated carbocycles. The first kappa shape index (κ1) is 29.5. The molecule has 2 aromatic rings. The van der Waals surface area contributed by atoms with Crippen LogP contribution in [0, 0.1) is 11.8 Å². The summed E-state index contributed by atoms with van der Waals surface area (Å²) in [7, 11) is 4.98. The standard InChI is InChI=1S/C27H40BN4O6/c1-16(2)9-21(31-26(34)22-12-19-20(30-22)7-6-8-24(19)36-4)25(33)32-23(27(35)37-5)11-17-10-18(13-28-3)29-15-38-14-17/h6-8,12,16-18,21,23,29-30H,9-11,13-15H2,1-5H3,(H,31,34)(H,32,33)/t17-,18?,21-,23-/m0/s1. The summed E-state index contributed by atoms with van der Waals surface area (Å²) >= 11 is 0. The lowest BCUT2D eigenvalue weighted by Crippen LogP contribution is -2.53. The molecule has 1 aromatic carbocycles. The second-order valence-electron chi connectivity index (χ2n) is 10.2. The lowest BCUT2D eigenvalue weighted by atomic mass is 9.73. The van der Waals surface area contributed by atoms with E-state index in [4.69, 9.17) is 14.2 Å². The molecule has 0 bridgehead atoms. The van der Waals surface area contributed by atoms with E-state index >= 15 is 0 Å². The number of benzene rings is 1. The van der Waals surface area contributed by atoms with E-state index in [1.54, 1.807) is 13.2 Å². The van der Waals surface area contributed by atoms with Crippen molar-refractivity contribution in [2.45, 2.75) is 64.4 Å². The average Bonchev–Trinajstić information content (AvgIpc) is 3.22. The summed E-state index contributed by atoms with van der Waals surface area (Å²) in [5.41, 5.74) is 1.07. The van der Waals surface area contributed by atoms with Crippen LogP contribution in [-0.4, -0.2) is 75.7 Å². The first-order valence-electron chi connectivity index (χ1n) is 13.2. The fourth-order valence-corrected chi connectivity index (χ4v) is 4.91. The molecular weight excluding hydrogens is 487 g/mol. The Morgan fingerprint density at radius 2 is 1.97 bits per heavy atom. The second-order valence-corrected chi connectivity index (χ2v) is 10.2. The molecule has 1 fully saturated rings. The van der Waals surface area contributed by atoms with E-state index in [1.807, 2.05) is 38.9 Å². The minimum absolute atomic E-state index is 0.0545. The van der Waals surface area contributed by atoms with E-state index in [1.165, 1.54) is 7.11 Å². The maximum atomic E-state index is 13.4. The Kier molecular flexibility index (Phi) is 11.0. The summed E-state index contributed by atoms with van der Waals surface area (Å²) < 4.78 is 16.1. The van der Waals surface area contributed by atoms with Crippen molar-refractivity contribution in [2.75, 3.05) is 27.6 Å². The van der Waals surface area contributed by atoms with Crippen LogP contribution in [-0.2, 0) is 19.1 Å². The van der Waals surface area contributed by atoms with Crippen LogP contribution < -0.4 is 20.7 Å². The Morgan fingerprint density at radius 1 is 1.18 bits per heavy atom. The zero-order valence-corrected chi connectivity index (χ0v) is 23.0. The van der Waals surface area contributed by atoms with Gasteiger partial charge in [0.2, 0.25) is 5.91 Å². The summed E-state index contributed by atoms with van der Waals surface area (Å²) in [5.74, 6) is -0.544. The molecule has 0 aliphatic carbocycles. The molecule has 11 heteroatoms. The predicted molar refractivity (Wildman–Crippen MR) is 146 cm³/mol. The van der Waals surface area contributed by atoms with Gasteiger partial charge in [0.1, 0.15) is 30.8 Å². The zero-order chi connectivity index (χ0) is 27.7. The van der Waals surface area contributed by atoms with Gasteiger partial charge in [0, 0.05) is 16.9 Å². The molecule has 38 heavy (non-hydrogen) atoms. The molecule has 207 valence electrons. The van der Waals surface area contributed by atoms with E-state index in [0.717, 1.165) is 23.6 Å². The number of hydrogen-bond acceptors (Lipinski definition) is 7. The van der Waals surface area contributed by atoms with Crippen molar-refractivity contribution in [3.05, 3.63) is 30.0 Å². The topological polar surface area (TPSA) is 131 Å². The molecule has 1 aromatic heterocycles. The van der Waals surface area contributed by atoms with Gasteiger partial charge in [-0.05, 0) is 49.3 Å². The third-order valence-corrected chi connectivity index (χ3v) is 6.75. The average molecular weight is 527 g/mol. The van der Waals surface area contributed by atoms with Crippen molar-refractivity contribution in [3.63, 3.8) is 0 Å². The Balaban J connectivity index is 1.73. The zero-order valence-electron chi connectivity index (χ0n) is 23.0. The number of carbonyl (C=O) groups is 3. The van der Waals surface area contributed by atoms with Crippen LogP contribution in [0.2, 0.25) is 13.1 Å². The highest BCUT2D eigenvalue weighted by Gasteiger charge is 2.32. The number of aromatic nitrogens is 1. The minimum Gasteiger partial charge on any atom is -0.496 e. The maximum absolute atomic E-state index is 13.4. The normalized spacial score (nSPS) is 19.3. The summed E-state index contributed by atoms with van der Waals surface area (Å²) in [4.78, 5) is 42.3. The highest BCUT2D eigenvalue weighted by atomic mass is 16.5. The Labute approximate surface area is 225 Å². The molecule has 0 spiro atoms. The van der Waals surface area contributed by atoms with Gasteiger partial charge in [0.25, 0.3) is 5.91 Å². The van der Waals surface area contributed by atoms with Crippen molar-refractivity contribution < 1.29 is 28.6 Å². The lowest BCUT2D eigenvalue weighted by molar-refractivity contribution is -0.146. The largest absolute Gasteiger partial charge is 0.496 e. The van der Waals surface area contributed by atoms with Crippen LogP contribution in [0.25, 0.3) is 10.9 Å². The van der Waals surface area contributed by atoms with E-state index in [9.17, 15) is 14.4 Å². The molecule has 4 atom stereocenters. The first-order chi connectivity index (χ1) is 18.2. The summed E-state index contributed by atoms with van der Waals surface area (Å²) in [6.45, 7) is 6.88. The van der Waals surface area contributed by atoms with Crippen LogP contribution in [0.5, 0.6) is 5.75 Å². The molecule has 1 aliphatic heterocycles. The van der Waals surface area contributed by atoms with Crippen LogP contribution >= 0.6 is 0 Å². The molecular formula is C27H40BN4O6. The van der Waals surface area contributed by atoms with E-state index < -0.39 is 29.9 Å². The summed E-state index contributed by atoms with van der Waals surface area (Å²) in [6, 6.07) is 5.76. The number of aromatic amines is 1. The number of carbonyl (C=O) groups excluding carboxylic acids is 3. The molecule has 2 amide bonds. The van der Waals surface area contributed by atoms with Crippen molar-refractivity contribution in [1.82, 2.24) is 20.9 Å². The van der Waals surface area contributed by atoms with Gasteiger partial charge in [-0.25, -0.2) is 4.79 Å². The SMILES string of the molecule is C[B]CC1C[C@@H](C[C@H](NC(=O)[C@H](CC(C)C)NC(=O)c2cc3c(OC)cccc3[nH]2)C(=O)OC)COCN1. The van der Waals surface area contributed by atoms with Crippen molar-refractivity contribution in [3.8, 4) is 5.75 Å². The van der Waals surface area contributed by atoms with Crippen molar-refractivity contribution >= 4 is 36.0 Å². The fourth-order valence-electron chi connectivity index (χ4n) is 4.91. The van der Waals surface area contributed by atoms with E-state index in [-0.39, 0.29) is 17.9 Å². The van der Waals surface area contributed by atoms with Gasteiger partial charge >= 0.3 is 5.97 Å². The van der Waals surface area contributed by atoms with Gasteiger partial charge in [0.15, 0.2) is 0 Å². The highest BCUT2D eigenvalue weighted by Crippen LogP contribution is 2.26. The smallest absolute Gasteiger partial charge is 0.328 e. The van der Waals surface area contributed by atoms with Gasteiger partial charge in [-0.1, -0.05) is 33.1 Å². The van der Waals surface area contributed by atoms with Crippen LogP contribution in [0.3, 0.4) is 0 Å². The minimum atomic E-state index is -0.852. The van der Waals surface area contributed by atoms with Gasteiger partial charge in [-0.2, -0.15) is 0 Å². The van der Waals surface area contributed by atoms with Gasteiger partial charge in [-0.3, -0.25) is 14.9 Å². The third kappa shape index (κ3) is 7.98. The van der Waals surface area contributed by atoms with E-state index in [2.05, 4.69) is 28.2 Å².